The number of aryl methyl sites for hydroxylation is 1. The Morgan fingerprint density at radius 2 is 1.85 bits per heavy atom. The van der Waals surface area contributed by atoms with Crippen LogP contribution in [0.3, 0.4) is 0 Å². The monoisotopic (exact) mass is 352 g/mol. The summed E-state index contributed by atoms with van der Waals surface area (Å²) in [4.78, 5) is 21.7. The van der Waals surface area contributed by atoms with Crippen LogP contribution in [0.15, 0.2) is 42.6 Å². The van der Waals surface area contributed by atoms with Gasteiger partial charge in [-0.25, -0.2) is 9.97 Å². The minimum Gasteiger partial charge on any atom is -0.352 e. The first-order valence-corrected chi connectivity index (χ1v) is 9.54. The van der Waals surface area contributed by atoms with Gasteiger partial charge in [0.25, 0.3) is 0 Å². The summed E-state index contributed by atoms with van der Waals surface area (Å²) in [6.07, 6.45) is 7.62. The molecular formula is C21H28N4O. The molecule has 0 bridgehead atoms. The molecule has 5 nitrogen and oxygen atoms in total. The highest BCUT2D eigenvalue weighted by Crippen LogP contribution is 2.20. The van der Waals surface area contributed by atoms with Gasteiger partial charge in [0.05, 0.1) is 12.1 Å². The molecule has 1 fully saturated rings. The number of nitrogens with one attached hydrogen (secondary N) is 2. The molecule has 2 N–H and O–H groups in total. The highest BCUT2D eigenvalue weighted by atomic mass is 16.2. The Balaban J connectivity index is 1.73. The second-order valence-corrected chi connectivity index (χ2v) is 7.13. The summed E-state index contributed by atoms with van der Waals surface area (Å²) in [6, 6.07) is 11.7. The van der Waals surface area contributed by atoms with Crippen molar-refractivity contribution in [1.29, 1.82) is 0 Å². The van der Waals surface area contributed by atoms with Crippen LogP contribution in [0.4, 0.5) is 0 Å². The van der Waals surface area contributed by atoms with Crippen LogP contribution in [-0.4, -0.2) is 28.0 Å². The Bertz CT molecular complexity index is 713. The van der Waals surface area contributed by atoms with Crippen LogP contribution in [0, 0.1) is 6.92 Å². The fourth-order valence-electron chi connectivity index (χ4n) is 3.47. The topological polar surface area (TPSA) is 66.9 Å². The van der Waals surface area contributed by atoms with E-state index in [4.69, 9.17) is 0 Å². The van der Waals surface area contributed by atoms with Crippen LogP contribution in [0.5, 0.6) is 0 Å². The van der Waals surface area contributed by atoms with E-state index in [9.17, 15) is 4.79 Å². The lowest BCUT2D eigenvalue weighted by Gasteiger charge is -2.27. The number of carbonyl (C=O) groups excluding carboxylic acids is 1. The van der Waals surface area contributed by atoms with Crippen molar-refractivity contribution in [1.82, 2.24) is 20.6 Å². The Kier molecular flexibility index (Phi) is 6.34. The van der Waals surface area contributed by atoms with E-state index in [1.54, 1.807) is 6.20 Å². The number of aromatic nitrogens is 2. The van der Waals surface area contributed by atoms with Gasteiger partial charge >= 0.3 is 0 Å². The first kappa shape index (κ1) is 18.5. The fourth-order valence-corrected chi connectivity index (χ4v) is 3.47. The van der Waals surface area contributed by atoms with Crippen LogP contribution in [0.2, 0.25) is 0 Å². The van der Waals surface area contributed by atoms with Gasteiger partial charge < -0.3 is 5.32 Å². The highest BCUT2D eigenvalue weighted by molar-refractivity contribution is 5.81. The maximum absolute atomic E-state index is 12.7. The Labute approximate surface area is 155 Å². The minimum absolute atomic E-state index is 0.0467. The predicted molar refractivity (Wildman–Crippen MR) is 103 cm³/mol. The minimum atomic E-state index is -0.328. The van der Waals surface area contributed by atoms with E-state index in [2.05, 4.69) is 20.6 Å². The zero-order chi connectivity index (χ0) is 18.4. The number of nitrogens with zero attached hydrogens (tertiary/aromatic N) is 2. The zero-order valence-electron chi connectivity index (χ0n) is 15.6. The van der Waals surface area contributed by atoms with Crippen LogP contribution in [0.1, 0.15) is 62.2 Å². The van der Waals surface area contributed by atoms with Gasteiger partial charge in [-0.3, -0.25) is 10.1 Å². The fraction of sp³-hybridized carbons (Fsp3) is 0.476. The first-order chi connectivity index (χ1) is 12.6. The number of amides is 1. The van der Waals surface area contributed by atoms with E-state index in [0.29, 0.717) is 11.9 Å². The number of carbonyl (C=O) groups is 1. The van der Waals surface area contributed by atoms with Gasteiger partial charge in [0.2, 0.25) is 5.91 Å². The van der Waals surface area contributed by atoms with Crippen molar-refractivity contribution in [3.8, 4) is 0 Å². The molecule has 1 aliphatic carbocycles. The summed E-state index contributed by atoms with van der Waals surface area (Å²) in [5, 5.41) is 6.63. The summed E-state index contributed by atoms with van der Waals surface area (Å²) >= 11 is 0. The van der Waals surface area contributed by atoms with Crippen molar-refractivity contribution in [3.63, 3.8) is 0 Å². The normalized spacial score (nSPS) is 17.5. The maximum atomic E-state index is 12.7. The summed E-state index contributed by atoms with van der Waals surface area (Å²) in [7, 11) is 0. The molecule has 1 aromatic carbocycles. The van der Waals surface area contributed by atoms with Gasteiger partial charge in [0.15, 0.2) is 0 Å². The molecule has 0 spiro atoms. The number of hydrogen-bond donors (Lipinski definition) is 2. The molecular weight excluding hydrogens is 324 g/mol. The highest BCUT2D eigenvalue weighted by Gasteiger charge is 2.24. The molecule has 1 amide bonds. The van der Waals surface area contributed by atoms with Gasteiger partial charge in [-0.2, -0.15) is 0 Å². The third-order valence-corrected chi connectivity index (χ3v) is 4.97. The molecule has 0 aliphatic heterocycles. The lowest BCUT2D eigenvalue weighted by atomic mass is 9.95. The number of benzene rings is 1. The van der Waals surface area contributed by atoms with Gasteiger partial charge in [0, 0.05) is 17.9 Å². The quantitative estimate of drug-likeness (QED) is 0.837. The van der Waals surface area contributed by atoms with Crippen LogP contribution < -0.4 is 10.6 Å². The van der Waals surface area contributed by atoms with Crippen molar-refractivity contribution < 1.29 is 4.79 Å². The lowest BCUT2D eigenvalue weighted by molar-refractivity contribution is -0.123. The maximum Gasteiger partial charge on any atom is 0.237 e. The van der Waals surface area contributed by atoms with Crippen LogP contribution >= 0.6 is 0 Å². The van der Waals surface area contributed by atoms with E-state index in [0.717, 1.165) is 24.1 Å². The molecule has 5 heteroatoms. The summed E-state index contributed by atoms with van der Waals surface area (Å²) in [6.45, 7) is 3.86. The van der Waals surface area contributed by atoms with Crippen LogP contribution in [-0.2, 0) is 4.79 Å². The second kappa shape index (κ2) is 8.90. The predicted octanol–water partition coefficient (Wildman–Crippen LogP) is 3.30. The smallest absolute Gasteiger partial charge is 0.237 e. The van der Waals surface area contributed by atoms with Crippen molar-refractivity contribution in [2.24, 2.45) is 0 Å². The third kappa shape index (κ3) is 4.88. The molecule has 0 saturated heterocycles. The molecule has 1 saturated carbocycles. The average Bonchev–Trinajstić information content (AvgIpc) is 2.67. The molecule has 138 valence electrons. The van der Waals surface area contributed by atoms with Gasteiger partial charge in [-0.05, 0) is 38.3 Å². The molecule has 1 heterocycles. The standard InChI is InChI=1S/C21H28N4O/c1-15-13-14-22-20(23-15)19(17-9-5-3-6-10-17)24-16(2)21(26)25-18-11-7-4-8-12-18/h3,5-6,9-10,13-14,16,18-19,24H,4,7-8,11-12H2,1-2H3,(H,25,26)/t16-,19-/m0/s1. The SMILES string of the molecule is Cc1ccnc([C@@H](N[C@@H](C)C(=O)NC2CCCCC2)c2ccccc2)n1. The van der Waals surface area contributed by atoms with Crippen molar-refractivity contribution in [2.75, 3.05) is 0 Å². The van der Waals surface area contributed by atoms with E-state index < -0.39 is 0 Å². The molecule has 26 heavy (non-hydrogen) atoms. The zero-order valence-corrected chi connectivity index (χ0v) is 15.6. The molecule has 2 aromatic rings. The lowest BCUT2D eigenvalue weighted by Crippen LogP contribution is -2.48. The van der Waals surface area contributed by atoms with Gasteiger partial charge in [-0.15, -0.1) is 0 Å². The molecule has 2 atom stereocenters. The Morgan fingerprint density at radius 1 is 1.12 bits per heavy atom. The molecule has 1 aliphatic rings. The second-order valence-electron chi connectivity index (χ2n) is 7.13. The largest absolute Gasteiger partial charge is 0.352 e. The van der Waals surface area contributed by atoms with E-state index in [-0.39, 0.29) is 18.0 Å². The first-order valence-electron chi connectivity index (χ1n) is 9.54. The van der Waals surface area contributed by atoms with E-state index >= 15 is 0 Å². The van der Waals surface area contributed by atoms with Crippen molar-refractivity contribution >= 4 is 5.91 Å². The molecule has 1 aromatic heterocycles. The number of rotatable bonds is 6. The van der Waals surface area contributed by atoms with Crippen molar-refractivity contribution in [2.45, 2.75) is 64.1 Å². The third-order valence-electron chi connectivity index (χ3n) is 4.97. The molecule has 0 radical (unpaired) electrons. The van der Waals surface area contributed by atoms with Gasteiger partial charge in [-0.1, -0.05) is 49.6 Å². The Morgan fingerprint density at radius 3 is 2.54 bits per heavy atom. The number of hydrogen-bond acceptors (Lipinski definition) is 4. The Hall–Kier alpha value is -2.27. The van der Waals surface area contributed by atoms with E-state index in [1.807, 2.05) is 50.2 Å². The van der Waals surface area contributed by atoms with Crippen molar-refractivity contribution in [3.05, 3.63) is 59.7 Å². The molecule has 0 unspecified atom stereocenters. The van der Waals surface area contributed by atoms with E-state index in [1.165, 1.54) is 19.3 Å². The summed E-state index contributed by atoms with van der Waals surface area (Å²) in [5.74, 6) is 0.735. The van der Waals surface area contributed by atoms with Gasteiger partial charge in [0.1, 0.15) is 5.82 Å². The summed E-state index contributed by atoms with van der Waals surface area (Å²) < 4.78 is 0. The summed E-state index contributed by atoms with van der Waals surface area (Å²) in [5.41, 5.74) is 1.97. The van der Waals surface area contributed by atoms with Crippen LogP contribution in [0.25, 0.3) is 0 Å². The average molecular weight is 352 g/mol. The molecule has 3 rings (SSSR count).